The third-order valence-electron chi connectivity index (χ3n) is 7.29. The van der Waals surface area contributed by atoms with Gasteiger partial charge in [-0.25, -0.2) is 9.18 Å². The summed E-state index contributed by atoms with van der Waals surface area (Å²) in [7, 11) is 0. The summed E-state index contributed by atoms with van der Waals surface area (Å²) < 4.78 is 13.4. The Balaban J connectivity index is 1.20. The third kappa shape index (κ3) is 5.57. The number of halogens is 1. The lowest BCUT2D eigenvalue weighted by Crippen LogP contribution is -2.40. The summed E-state index contributed by atoms with van der Waals surface area (Å²) in [6, 6.07) is 22.7. The van der Waals surface area contributed by atoms with Gasteiger partial charge in [-0.15, -0.1) is 0 Å². The van der Waals surface area contributed by atoms with Crippen molar-refractivity contribution in [1.29, 1.82) is 0 Å². The Kier molecular flexibility index (Phi) is 7.00. The molecule has 3 aromatic rings. The molecule has 186 valence electrons. The molecule has 36 heavy (non-hydrogen) atoms. The number of anilines is 2. The van der Waals surface area contributed by atoms with Crippen LogP contribution in [0.1, 0.15) is 48.0 Å². The largest absolute Gasteiger partial charge is 0.334 e. The summed E-state index contributed by atoms with van der Waals surface area (Å²) in [5, 5.41) is 8.71. The van der Waals surface area contributed by atoms with Crippen LogP contribution in [0.2, 0.25) is 0 Å². The van der Waals surface area contributed by atoms with E-state index in [9.17, 15) is 14.0 Å². The van der Waals surface area contributed by atoms with Crippen LogP contribution in [0.5, 0.6) is 0 Å². The average Bonchev–Trinajstić information content (AvgIpc) is 3.46. The average molecular weight is 487 g/mol. The van der Waals surface area contributed by atoms with Crippen molar-refractivity contribution in [2.45, 2.75) is 50.2 Å². The number of nitrogens with one attached hydrogen (secondary N) is 3. The van der Waals surface area contributed by atoms with Crippen LogP contribution in [0.25, 0.3) is 0 Å². The topological polar surface area (TPSA) is 73.5 Å². The molecule has 7 heteroatoms. The van der Waals surface area contributed by atoms with Gasteiger partial charge in [0.25, 0.3) is 5.91 Å². The van der Waals surface area contributed by atoms with Crippen LogP contribution in [0.3, 0.4) is 0 Å². The molecule has 1 unspecified atom stereocenters. The normalized spacial score (nSPS) is 18.8. The minimum atomic E-state index is -0.423. The highest BCUT2D eigenvalue weighted by Gasteiger charge is 2.47. The molecule has 2 fully saturated rings. The van der Waals surface area contributed by atoms with E-state index in [2.05, 4.69) is 45.1 Å². The molecule has 1 aliphatic heterocycles. The van der Waals surface area contributed by atoms with Crippen molar-refractivity contribution in [2.24, 2.45) is 0 Å². The number of carbonyl (C=O) groups excluding carboxylic acids is 2. The van der Waals surface area contributed by atoms with Crippen molar-refractivity contribution in [3.63, 3.8) is 0 Å². The van der Waals surface area contributed by atoms with Crippen LogP contribution < -0.4 is 16.0 Å². The first-order chi connectivity index (χ1) is 17.5. The van der Waals surface area contributed by atoms with E-state index < -0.39 is 5.82 Å². The van der Waals surface area contributed by atoms with E-state index in [1.54, 1.807) is 30.3 Å². The zero-order chi connectivity index (χ0) is 25.0. The van der Waals surface area contributed by atoms with Crippen molar-refractivity contribution >= 4 is 23.3 Å². The van der Waals surface area contributed by atoms with Crippen molar-refractivity contribution in [2.75, 3.05) is 17.2 Å². The van der Waals surface area contributed by atoms with Crippen molar-refractivity contribution in [1.82, 2.24) is 10.2 Å². The van der Waals surface area contributed by atoms with E-state index in [0.717, 1.165) is 19.5 Å². The first kappa shape index (κ1) is 24.0. The Labute approximate surface area is 210 Å². The fourth-order valence-corrected chi connectivity index (χ4v) is 5.66. The smallest absolute Gasteiger partial charge is 0.319 e. The summed E-state index contributed by atoms with van der Waals surface area (Å²) in [5.41, 5.74) is 2.72. The molecule has 0 radical (unpaired) electrons. The lowest BCUT2D eigenvalue weighted by molar-refractivity contribution is 0.102. The van der Waals surface area contributed by atoms with E-state index in [0.29, 0.717) is 16.9 Å². The van der Waals surface area contributed by atoms with Crippen molar-refractivity contribution in [3.8, 4) is 0 Å². The van der Waals surface area contributed by atoms with Gasteiger partial charge in [0.2, 0.25) is 0 Å². The molecule has 3 amide bonds. The molecule has 1 atom stereocenters. The number of hydrogen-bond donors (Lipinski definition) is 3. The Morgan fingerprint density at radius 3 is 2.36 bits per heavy atom. The maximum absolute atomic E-state index is 13.4. The van der Waals surface area contributed by atoms with Gasteiger partial charge in [-0.05, 0) is 61.2 Å². The molecule has 0 bridgehead atoms. The van der Waals surface area contributed by atoms with Crippen LogP contribution in [0, 0.1) is 5.82 Å². The van der Waals surface area contributed by atoms with Crippen molar-refractivity contribution in [3.05, 3.63) is 95.8 Å². The zero-order valence-corrected chi connectivity index (χ0v) is 20.2. The molecule has 6 nitrogen and oxygen atoms in total. The van der Waals surface area contributed by atoms with Gasteiger partial charge in [0, 0.05) is 41.6 Å². The Bertz CT molecular complexity index is 1230. The van der Waals surface area contributed by atoms with E-state index in [-0.39, 0.29) is 23.5 Å². The highest BCUT2D eigenvalue weighted by atomic mass is 19.1. The monoisotopic (exact) mass is 486 g/mol. The van der Waals surface area contributed by atoms with Crippen LogP contribution in [-0.4, -0.2) is 35.0 Å². The van der Waals surface area contributed by atoms with Gasteiger partial charge in [0.05, 0.1) is 0 Å². The Morgan fingerprint density at radius 1 is 0.889 bits per heavy atom. The molecule has 5 rings (SSSR count). The van der Waals surface area contributed by atoms with Crippen molar-refractivity contribution < 1.29 is 14.0 Å². The second-order valence-corrected chi connectivity index (χ2v) is 9.84. The highest BCUT2D eigenvalue weighted by Crippen LogP contribution is 2.43. The van der Waals surface area contributed by atoms with E-state index >= 15 is 0 Å². The molecular formula is C29H31FN4O2. The molecule has 1 aliphatic carbocycles. The zero-order valence-electron chi connectivity index (χ0n) is 20.2. The summed E-state index contributed by atoms with van der Waals surface area (Å²) >= 11 is 0. The van der Waals surface area contributed by atoms with E-state index in [1.165, 1.54) is 49.4 Å². The van der Waals surface area contributed by atoms with Gasteiger partial charge in [0.15, 0.2) is 0 Å². The van der Waals surface area contributed by atoms with E-state index in [4.69, 9.17) is 0 Å². The second-order valence-electron chi connectivity index (χ2n) is 9.84. The predicted molar refractivity (Wildman–Crippen MR) is 139 cm³/mol. The number of hydrogen-bond acceptors (Lipinski definition) is 3. The number of benzene rings is 3. The Morgan fingerprint density at radius 2 is 1.61 bits per heavy atom. The molecule has 1 saturated heterocycles. The number of rotatable bonds is 6. The lowest BCUT2D eigenvalue weighted by Gasteiger charge is -2.34. The molecular weight excluding hydrogens is 455 g/mol. The van der Waals surface area contributed by atoms with Gasteiger partial charge < -0.3 is 16.0 Å². The molecule has 1 saturated carbocycles. The quantitative estimate of drug-likeness (QED) is 0.413. The predicted octanol–water partition coefficient (Wildman–Crippen LogP) is 5.79. The SMILES string of the molecule is O=C(Nc1cccc(C(=O)Nc2cccc(F)c2)c1)NC1CN(Cc2ccccc2)C2(CCCC2)C1. The molecule has 1 heterocycles. The third-order valence-corrected chi connectivity index (χ3v) is 7.29. The first-order valence-corrected chi connectivity index (χ1v) is 12.5. The van der Waals surface area contributed by atoms with Crippen LogP contribution in [0.15, 0.2) is 78.9 Å². The molecule has 0 aromatic heterocycles. The summed E-state index contributed by atoms with van der Waals surface area (Å²) in [6.07, 6.45) is 5.75. The number of urea groups is 1. The maximum Gasteiger partial charge on any atom is 0.319 e. The number of likely N-dealkylation sites (tertiary alicyclic amines) is 1. The minimum absolute atomic E-state index is 0.0614. The first-order valence-electron chi connectivity index (χ1n) is 12.5. The summed E-state index contributed by atoms with van der Waals surface area (Å²) in [5.74, 6) is -0.798. The fourth-order valence-electron chi connectivity index (χ4n) is 5.66. The number of amides is 3. The molecule has 3 N–H and O–H groups in total. The standard InChI is InChI=1S/C29H31FN4O2/c30-23-11-7-13-25(17-23)31-27(35)22-10-6-12-24(16-22)32-28(36)33-26-18-29(14-4-5-15-29)34(20-26)19-21-8-2-1-3-9-21/h1-3,6-13,16-17,26H,4-5,14-15,18-20H2,(H,31,35)(H2,32,33,36). The maximum atomic E-state index is 13.4. The molecule has 1 spiro atoms. The van der Waals surface area contributed by atoms with Crippen LogP contribution in [0.4, 0.5) is 20.6 Å². The summed E-state index contributed by atoms with van der Waals surface area (Å²) in [6.45, 7) is 1.71. The fraction of sp³-hybridized carbons (Fsp3) is 0.310. The van der Waals surface area contributed by atoms with Gasteiger partial charge in [-0.1, -0.05) is 55.3 Å². The number of nitrogens with zero attached hydrogens (tertiary/aromatic N) is 1. The van der Waals surface area contributed by atoms with Gasteiger partial charge in [-0.3, -0.25) is 9.69 Å². The van der Waals surface area contributed by atoms with Gasteiger partial charge in [0.1, 0.15) is 5.82 Å². The number of carbonyl (C=O) groups is 2. The lowest BCUT2D eigenvalue weighted by atomic mass is 9.92. The molecule has 2 aliphatic rings. The van der Waals surface area contributed by atoms with Crippen LogP contribution in [-0.2, 0) is 6.54 Å². The minimum Gasteiger partial charge on any atom is -0.334 e. The highest BCUT2D eigenvalue weighted by molar-refractivity contribution is 6.05. The summed E-state index contributed by atoms with van der Waals surface area (Å²) in [4.78, 5) is 28.0. The van der Waals surface area contributed by atoms with Gasteiger partial charge >= 0.3 is 6.03 Å². The molecule has 3 aromatic carbocycles. The van der Waals surface area contributed by atoms with E-state index in [1.807, 2.05) is 6.07 Å². The van der Waals surface area contributed by atoms with Gasteiger partial charge in [-0.2, -0.15) is 0 Å². The second kappa shape index (κ2) is 10.5. The Hall–Kier alpha value is -3.71. The van der Waals surface area contributed by atoms with Crippen LogP contribution >= 0.6 is 0 Å².